The number of esters is 1. The number of carbonyl (C=O) groups excluding carboxylic acids is 4. The highest BCUT2D eigenvalue weighted by molar-refractivity contribution is 5.83. The van der Waals surface area contributed by atoms with E-state index < -0.39 is 174 Å². The van der Waals surface area contributed by atoms with Gasteiger partial charge in [0.2, 0.25) is 0 Å². The van der Waals surface area contributed by atoms with Crippen LogP contribution in [0.3, 0.4) is 0 Å². The van der Waals surface area contributed by atoms with Crippen LogP contribution in [0, 0.1) is 0 Å². The molecule has 0 bridgehead atoms. The van der Waals surface area contributed by atoms with Gasteiger partial charge in [0.05, 0.1) is 18.8 Å². The van der Waals surface area contributed by atoms with Crippen molar-refractivity contribution >= 4 is 23.7 Å². The lowest BCUT2D eigenvalue weighted by atomic mass is 10.00. The smallest absolute Gasteiger partial charge is 0.338 e. The normalized spacial score (nSPS) is 40.2. The fraction of sp³-hybridized carbons (Fsp3) is 0.922. The van der Waals surface area contributed by atoms with E-state index in [1.807, 2.05) is 0 Å². The second kappa shape index (κ2) is 21.7. The third-order valence-corrected chi connectivity index (χ3v) is 13.8. The Morgan fingerprint density at radius 1 is 0.397 bits per heavy atom. The zero-order valence-electron chi connectivity index (χ0n) is 48.1. The van der Waals surface area contributed by atoms with Gasteiger partial charge in [-0.05, 0) is 130 Å². The molecule has 8 fully saturated rings. The largest absolute Gasteiger partial charge is 0.461 e. The second-order valence-corrected chi connectivity index (χ2v) is 24.8. The second-order valence-electron chi connectivity index (χ2n) is 24.8. The number of hydrogen-bond donors (Lipinski definition) is 3. The maximum absolute atomic E-state index is 14.5. The molecule has 8 heterocycles. The SMILES string of the molecule is CC(C)OC(=O)[C@@H]1OC(C)(C)O[C@H]1[C@H]1OC(C)(C)O[C@@H]1CNC(=O)[C@@H]1OC(C)(C)O[C@H]1[C@H]1OC(C)(C)O[C@@H]1CNC(=O)[C@@H]1OC(C)(C)O[C@H]1[C@H]1OC(C)(C)O[C@@H]1CNC(=O)[C@@H]1OC(C)(C)O[C@H]1[C@H]1OC(C)(C)O[C@@H]1CN=[N+]=[N-]. The molecule has 0 unspecified atom stereocenters. The zero-order valence-corrected chi connectivity index (χ0v) is 48.1. The summed E-state index contributed by atoms with van der Waals surface area (Å²) in [5.74, 6) is -11.7. The summed E-state index contributed by atoms with van der Waals surface area (Å²) in [7, 11) is 0. The average molecular weight is 1120 g/mol. The van der Waals surface area contributed by atoms with Crippen LogP contribution in [0.4, 0.5) is 0 Å². The first kappa shape index (κ1) is 60.6. The Balaban J connectivity index is 0.926. The number of ether oxygens (including phenoxy) is 17. The van der Waals surface area contributed by atoms with E-state index in [-0.39, 0.29) is 26.2 Å². The van der Waals surface area contributed by atoms with E-state index in [1.165, 1.54) is 0 Å². The lowest BCUT2D eigenvalue weighted by Gasteiger charge is -2.28. The molecule has 3 amide bonds. The van der Waals surface area contributed by atoms with Crippen LogP contribution in [0.5, 0.6) is 0 Å². The molecule has 0 aromatic rings. The predicted octanol–water partition coefficient (Wildman–Crippen LogP) is 2.76. The van der Waals surface area contributed by atoms with Crippen LogP contribution in [0.1, 0.15) is 125 Å². The number of amides is 3. The van der Waals surface area contributed by atoms with Crippen LogP contribution < -0.4 is 16.0 Å². The van der Waals surface area contributed by atoms with Gasteiger partial charge in [-0.25, -0.2) is 4.79 Å². The summed E-state index contributed by atoms with van der Waals surface area (Å²) >= 11 is 0. The summed E-state index contributed by atoms with van der Waals surface area (Å²) in [5, 5.41) is 12.5. The van der Waals surface area contributed by atoms with Crippen LogP contribution in [-0.4, -0.2) is 200 Å². The van der Waals surface area contributed by atoms with Gasteiger partial charge in [-0.15, -0.1) is 0 Å². The van der Waals surface area contributed by atoms with Gasteiger partial charge in [0.1, 0.15) is 67.1 Å². The molecule has 0 saturated carbocycles. The molecule has 27 nitrogen and oxygen atoms in total. The van der Waals surface area contributed by atoms with Crippen molar-refractivity contribution in [2.75, 3.05) is 26.2 Å². The van der Waals surface area contributed by atoms with Gasteiger partial charge in [-0.1, -0.05) is 5.11 Å². The van der Waals surface area contributed by atoms with Crippen molar-refractivity contribution < 1.29 is 99.7 Å². The Bertz CT molecular complexity index is 2290. The van der Waals surface area contributed by atoms with E-state index in [4.69, 9.17) is 86.1 Å². The van der Waals surface area contributed by atoms with Crippen molar-refractivity contribution in [2.45, 2.75) is 275 Å². The summed E-state index contributed by atoms with van der Waals surface area (Å²) in [6.07, 6.45) is -16.1. The van der Waals surface area contributed by atoms with Gasteiger partial charge in [-0.3, -0.25) is 14.4 Å². The number of carbonyl (C=O) groups is 4. The molecule has 0 spiro atoms. The van der Waals surface area contributed by atoms with Gasteiger partial charge in [0, 0.05) is 24.5 Å². The Kier molecular flexibility index (Phi) is 16.9. The van der Waals surface area contributed by atoms with Crippen LogP contribution in [0.2, 0.25) is 0 Å². The van der Waals surface area contributed by atoms with Crippen molar-refractivity contribution in [1.29, 1.82) is 0 Å². The Hall–Kier alpha value is -3.45. The molecular formula is C51H82N6O21. The van der Waals surface area contributed by atoms with Crippen LogP contribution in [0.15, 0.2) is 5.11 Å². The lowest BCUT2D eigenvalue weighted by molar-refractivity contribution is -0.177. The van der Waals surface area contributed by atoms with E-state index in [0.29, 0.717) is 0 Å². The van der Waals surface area contributed by atoms with Crippen molar-refractivity contribution in [2.24, 2.45) is 5.11 Å². The van der Waals surface area contributed by atoms with E-state index >= 15 is 0 Å². The first-order valence-electron chi connectivity index (χ1n) is 26.8. The fourth-order valence-electron chi connectivity index (χ4n) is 11.4. The van der Waals surface area contributed by atoms with Crippen LogP contribution >= 0.6 is 0 Å². The van der Waals surface area contributed by atoms with Gasteiger partial charge >= 0.3 is 5.97 Å². The minimum Gasteiger partial charge on any atom is -0.461 e. The number of azide groups is 1. The quantitative estimate of drug-likeness (QED) is 0.0816. The molecule has 0 radical (unpaired) electrons. The molecule has 8 aliphatic heterocycles. The first-order chi connectivity index (χ1) is 35.9. The molecule has 442 valence electrons. The molecule has 27 heteroatoms. The topological polar surface area (TPSA) is 310 Å². The Morgan fingerprint density at radius 2 is 0.641 bits per heavy atom. The van der Waals surface area contributed by atoms with E-state index in [9.17, 15) is 19.2 Å². The van der Waals surface area contributed by atoms with Crippen LogP contribution in [0.25, 0.3) is 10.4 Å². The Labute approximate surface area is 454 Å². The maximum atomic E-state index is 14.5. The minimum absolute atomic E-state index is 0.0664. The molecule has 0 aliphatic carbocycles. The van der Waals surface area contributed by atoms with Gasteiger partial charge in [0.15, 0.2) is 70.7 Å². The van der Waals surface area contributed by atoms with Gasteiger partial charge in [0.25, 0.3) is 17.7 Å². The van der Waals surface area contributed by atoms with Crippen molar-refractivity contribution in [3.05, 3.63) is 10.4 Å². The number of nitrogens with one attached hydrogen (secondary N) is 3. The molecular weight excluding hydrogens is 1030 g/mol. The molecule has 8 rings (SSSR count). The summed E-state index contributed by atoms with van der Waals surface area (Å²) in [6, 6.07) is 0. The summed E-state index contributed by atoms with van der Waals surface area (Å²) in [4.78, 5) is 59.0. The van der Waals surface area contributed by atoms with Crippen molar-refractivity contribution in [3.8, 4) is 0 Å². The molecule has 0 aromatic heterocycles. The minimum atomic E-state index is -1.27. The highest BCUT2D eigenvalue weighted by Crippen LogP contribution is 2.44. The molecule has 8 saturated heterocycles. The maximum Gasteiger partial charge on any atom is 0.338 e. The highest BCUT2D eigenvalue weighted by atomic mass is 16.8. The zero-order chi connectivity index (χ0) is 57.5. The summed E-state index contributed by atoms with van der Waals surface area (Å²) in [5.41, 5.74) is 9.04. The molecule has 8 aliphatic rings. The van der Waals surface area contributed by atoms with Crippen molar-refractivity contribution in [3.63, 3.8) is 0 Å². The third-order valence-electron chi connectivity index (χ3n) is 13.8. The number of hydrogen-bond acceptors (Lipinski definition) is 22. The molecule has 78 heavy (non-hydrogen) atoms. The van der Waals surface area contributed by atoms with E-state index in [1.54, 1.807) is 125 Å². The summed E-state index contributed by atoms with van der Waals surface area (Å²) < 4.78 is 106. The Morgan fingerprint density at radius 3 is 0.936 bits per heavy atom. The van der Waals surface area contributed by atoms with Crippen molar-refractivity contribution in [1.82, 2.24) is 16.0 Å². The average Bonchev–Trinajstić information content (AvgIpc) is 4.19. The fourth-order valence-corrected chi connectivity index (χ4v) is 11.4. The molecule has 0 aromatic carbocycles. The van der Waals surface area contributed by atoms with Gasteiger partial charge in [-0.2, -0.15) is 0 Å². The number of nitrogens with zero attached hydrogens (tertiary/aromatic N) is 3. The number of rotatable bonds is 17. The predicted molar refractivity (Wildman–Crippen MR) is 265 cm³/mol. The molecule has 3 N–H and O–H groups in total. The van der Waals surface area contributed by atoms with Crippen LogP contribution in [-0.2, 0) is 99.7 Å². The standard InChI is InChI=1S/C51H82N6O21/c1-23(2)62-43(61)39-35(74-51(17,18)78-39)30-26(65-46(7,8)69-30)21-55-41(59)37-33(72-49(13,14)76-37)28-24(63-44(3,4)67-28)19-53-40(58)36-32(71-48(11,12)75-36)29-25(64-45(5,6)68-29)20-54-42(60)38-34(73-50(15,16)77-38)31-27(22-56-57-52)66-47(9,10)70-31/h23-39H,19-22H2,1-18H3,(H,53,58)(H,54,60)(H,55,59)/t24-,25-,26-,27-,28+,29+,30+,31+,32+,33+,34+,35+,36-,37-,38-,39-/m1/s1. The first-order valence-corrected chi connectivity index (χ1v) is 26.8. The highest BCUT2D eigenvalue weighted by Gasteiger charge is 2.61. The monoisotopic (exact) mass is 1110 g/mol. The third kappa shape index (κ3) is 13.9. The van der Waals surface area contributed by atoms with Gasteiger partial charge < -0.3 is 96.5 Å². The summed E-state index contributed by atoms with van der Waals surface area (Å²) in [6.45, 7) is 30.1. The van der Waals surface area contributed by atoms with E-state index in [0.717, 1.165) is 0 Å². The molecule has 16 atom stereocenters. The van der Waals surface area contributed by atoms with E-state index in [2.05, 4.69) is 26.0 Å². The lowest BCUT2D eigenvalue weighted by Crippen LogP contribution is -2.55.